The standard InChI is InChI=1S/C25H23Cl2FN2O3.C15H19ClFNO2.C10H6ClNO2/c26-17-4-10-23-16(12-17)3-9-24(30-23)25(32)29-18-5-1-15(2-6-18)11-19(31)14-33-20-7-8-21(27)22(28)13-20;16-14-6-5-13(8-15(14)17)20-9-12(19)7-10-1-3-11(18)4-2-10;11-7-2-4-8-6(5-7)1-3-9(12-8)10(13)14/h3-4,7-10,12-13,15,18H,1-2,5-6,11,14H2,(H,29,32);5-6,8,10-11H,1-4,7,9,18H2;1-5H,(H,13,14). The molecule has 0 spiro atoms. The number of Topliss-reactive ketones (excluding diaryl/α,β-unsaturated/α-hetero) is 2. The van der Waals surface area contributed by atoms with Gasteiger partial charge >= 0.3 is 5.97 Å². The molecular weight excluding hydrogens is 948 g/mol. The van der Waals surface area contributed by atoms with Crippen LogP contribution in [-0.2, 0) is 9.59 Å². The van der Waals surface area contributed by atoms with Crippen molar-refractivity contribution in [1.82, 2.24) is 15.3 Å². The minimum atomic E-state index is -1.03. The van der Waals surface area contributed by atoms with E-state index in [1.165, 1.54) is 36.4 Å². The lowest BCUT2D eigenvalue weighted by atomic mass is 9.83. The summed E-state index contributed by atoms with van der Waals surface area (Å²) in [6.45, 7) is -0.125. The first-order valence-electron chi connectivity index (χ1n) is 21.7. The van der Waals surface area contributed by atoms with Gasteiger partial charge in [-0.25, -0.2) is 23.5 Å². The van der Waals surface area contributed by atoms with Crippen LogP contribution in [0.25, 0.3) is 21.8 Å². The summed E-state index contributed by atoms with van der Waals surface area (Å²) >= 11 is 23.0. The quantitative estimate of drug-likeness (QED) is 0.101. The van der Waals surface area contributed by atoms with E-state index in [4.69, 9.17) is 66.7 Å². The molecule has 11 nitrogen and oxygen atoms in total. The van der Waals surface area contributed by atoms with Gasteiger partial charge in [0.25, 0.3) is 5.91 Å². The third-order valence-corrected chi connectivity index (χ3v) is 12.5. The Morgan fingerprint density at radius 2 is 1.04 bits per heavy atom. The number of halogens is 6. The van der Waals surface area contributed by atoms with Crippen LogP contribution in [0.15, 0.2) is 97.1 Å². The lowest BCUT2D eigenvalue weighted by Gasteiger charge is -2.28. The molecule has 0 unspecified atom stereocenters. The highest BCUT2D eigenvalue weighted by Crippen LogP contribution is 2.29. The third-order valence-electron chi connectivity index (χ3n) is 11.4. The summed E-state index contributed by atoms with van der Waals surface area (Å²) in [6.07, 6.45) is 8.19. The topological polar surface area (TPSA) is 171 Å². The number of fused-ring (bicyclic) bond motifs is 2. The molecule has 67 heavy (non-hydrogen) atoms. The van der Waals surface area contributed by atoms with Crippen LogP contribution in [0.1, 0.15) is 85.2 Å². The molecule has 0 bridgehead atoms. The molecule has 0 radical (unpaired) electrons. The number of benzene rings is 4. The van der Waals surface area contributed by atoms with E-state index in [9.17, 15) is 28.0 Å². The molecule has 6 aromatic rings. The Kier molecular flexibility index (Phi) is 18.7. The molecule has 2 saturated carbocycles. The molecule has 4 N–H and O–H groups in total. The van der Waals surface area contributed by atoms with Gasteiger partial charge in [0.2, 0.25) is 0 Å². The number of aromatic nitrogens is 2. The van der Waals surface area contributed by atoms with Crippen molar-refractivity contribution in [2.45, 2.75) is 76.3 Å². The molecule has 352 valence electrons. The minimum absolute atomic E-state index is 0.0128. The number of hydrogen-bond acceptors (Lipinski definition) is 9. The van der Waals surface area contributed by atoms with Crippen molar-refractivity contribution in [3.63, 3.8) is 0 Å². The van der Waals surface area contributed by atoms with Gasteiger partial charge in [0.1, 0.15) is 47.7 Å². The maximum atomic E-state index is 13.5. The van der Waals surface area contributed by atoms with Crippen LogP contribution < -0.4 is 20.5 Å². The predicted molar refractivity (Wildman–Crippen MR) is 257 cm³/mol. The highest BCUT2D eigenvalue weighted by atomic mass is 35.5. The first kappa shape index (κ1) is 51.0. The summed E-state index contributed by atoms with van der Waals surface area (Å²) in [5.41, 5.74) is 7.60. The Balaban J connectivity index is 0.000000184. The van der Waals surface area contributed by atoms with Gasteiger partial charge in [-0.3, -0.25) is 14.4 Å². The monoisotopic (exact) mass is 994 g/mol. The Hall–Kier alpha value is -5.44. The van der Waals surface area contributed by atoms with E-state index in [0.717, 1.165) is 67.7 Å². The maximum Gasteiger partial charge on any atom is 0.354 e. The number of amides is 1. The van der Waals surface area contributed by atoms with Crippen LogP contribution in [0, 0.1) is 23.5 Å². The van der Waals surface area contributed by atoms with Crippen molar-refractivity contribution in [2.75, 3.05) is 13.2 Å². The van der Waals surface area contributed by atoms with Crippen molar-refractivity contribution >= 4 is 91.7 Å². The second-order valence-corrected chi connectivity index (χ2v) is 18.2. The maximum absolute atomic E-state index is 13.5. The second kappa shape index (κ2) is 24.5. The van der Waals surface area contributed by atoms with Crippen molar-refractivity contribution in [1.29, 1.82) is 0 Å². The zero-order valence-corrected chi connectivity index (χ0v) is 39.2. The van der Waals surface area contributed by atoms with Crippen molar-refractivity contribution in [2.24, 2.45) is 17.6 Å². The summed E-state index contributed by atoms with van der Waals surface area (Å²) in [6, 6.07) is 25.8. The smallest absolute Gasteiger partial charge is 0.354 e. The fourth-order valence-electron chi connectivity index (χ4n) is 7.82. The van der Waals surface area contributed by atoms with Gasteiger partial charge in [-0.2, -0.15) is 0 Å². The number of carboxylic acid groups (broad SMARTS) is 1. The first-order valence-corrected chi connectivity index (χ1v) is 23.2. The summed E-state index contributed by atoms with van der Waals surface area (Å²) in [5, 5.41) is 14.8. The fraction of sp³-hybridized carbons (Fsp3) is 0.320. The molecular formula is C50H48Cl4F2N4O7. The molecule has 2 aromatic heterocycles. The van der Waals surface area contributed by atoms with Gasteiger partial charge in [0.05, 0.1) is 21.1 Å². The third kappa shape index (κ3) is 15.8. The number of nitrogens with one attached hydrogen (secondary N) is 1. The number of carboxylic acids is 1. The Morgan fingerprint density at radius 3 is 1.51 bits per heavy atom. The van der Waals surface area contributed by atoms with Gasteiger partial charge < -0.3 is 25.6 Å². The number of ether oxygens (including phenoxy) is 2. The lowest BCUT2D eigenvalue weighted by molar-refractivity contribution is -0.123. The van der Waals surface area contributed by atoms with Crippen LogP contribution in [0.2, 0.25) is 20.1 Å². The number of carbonyl (C=O) groups is 4. The summed E-state index contributed by atoms with van der Waals surface area (Å²) in [7, 11) is 0. The van der Waals surface area contributed by atoms with Crippen molar-refractivity contribution < 1.29 is 42.5 Å². The summed E-state index contributed by atoms with van der Waals surface area (Å²) in [4.78, 5) is 55.8. The molecule has 0 saturated heterocycles. The van der Waals surface area contributed by atoms with E-state index in [-0.39, 0.29) is 70.2 Å². The normalized spacial score (nSPS) is 17.8. The molecule has 17 heteroatoms. The molecule has 2 heterocycles. The van der Waals surface area contributed by atoms with E-state index >= 15 is 0 Å². The summed E-state index contributed by atoms with van der Waals surface area (Å²) < 4.78 is 37.3. The number of hydrogen-bond donors (Lipinski definition) is 3. The molecule has 1 amide bonds. The molecule has 0 aliphatic heterocycles. The molecule has 2 fully saturated rings. The molecule has 2 aliphatic rings. The van der Waals surface area contributed by atoms with Gasteiger partial charge in [-0.15, -0.1) is 0 Å². The number of nitrogens with zero attached hydrogens (tertiary/aromatic N) is 2. The summed E-state index contributed by atoms with van der Waals surface area (Å²) in [5.74, 6) is -1.07. The zero-order chi connectivity index (χ0) is 48.0. The minimum Gasteiger partial charge on any atom is -0.486 e. The van der Waals surface area contributed by atoms with Crippen LogP contribution in [0.5, 0.6) is 11.5 Å². The van der Waals surface area contributed by atoms with Crippen LogP contribution in [-0.4, -0.2) is 63.8 Å². The number of pyridine rings is 2. The van der Waals surface area contributed by atoms with E-state index in [2.05, 4.69) is 15.3 Å². The van der Waals surface area contributed by atoms with Crippen LogP contribution >= 0.6 is 46.4 Å². The molecule has 4 aromatic carbocycles. The van der Waals surface area contributed by atoms with E-state index in [1.54, 1.807) is 48.5 Å². The number of rotatable bonds is 13. The number of ketones is 2. The van der Waals surface area contributed by atoms with E-state index in [0.29, 0.717) is 45.8 Å². The second-order valence-electron chi connectivity index (χ2n) is 16.6. The average molecular weight is 997 g/mol. The predicted octanol–water partition coefficient (Wildman–Crippen LogP) is 11.9. The van der Waals surface area contributed by atoms with Crippen LogP contribution in [0.4, 0.5) is 8.78 Å². The Morgan fingerprint density at radius 1 is 0.597 bits per heavy atom. The molecule has 0 atom stereocenters. The number of nitrogens with two attached hydrogens (primary N) is 1. The number of aromatic carboxylic acids is 1. The van der Waals surface area contributed by atoms with Gasteiger partial charge in [-0.05, 0) is 136 Å². The lowest BCUT2D eigenvalue weighted by Crippen LogP contribution is -2.38. The van der Waals surface area contributed by atoms with Crippen molar-refractivity contribution in [3.05, 3.63) is 140 Å². The van der Waals surface area contributed by atoms with E-state index in [1.807, 2.05) is 12.1 Å². The largest absolute Gasteiger partial charge is 0.486 e. The molecule has 2 aliphatic carbocycles. The number of carbonyl (C=O) groups excluding carboxylic acids is 3. The van der Waals surface area contributed by atoms with Gasteiger partial charge in [-0.1, -0.05) is 58.5 Å². The fourth-order valence-corrected chi connectivity index (χ4v) is 8.42. The van der Waals surface area contributed by atoms with Crippen molar-refractivity contribution in [3.8, 4) is 11.5 Å². The van der Waals surface area contributed by atoms with Gasteiger partial charge in [0.15, 0.2) is 11.6 Å². The Labute approximate surface area is 406 Å². The average Bonchev–Trinajstić information content (AvgIpc) is 3.31. The first-order chi connectivity index (χ1) is 32.1. The Bertz CT molecular complexity index is 2710. The molecule has 8 rings (SSSR count). The van der Waals surface area contributed by atoms with E-state index < -0.39 is 17.6 Å². The zero-order valence-electron chi connectivity index (χ0n) is 36.2. The highest BCUT2D eigenvalue weighted by molar-refractivity contribution is 6.32. The SMILES string of the molecule is NC1CCC(CC(=O)COc2ccc(Cl)c(F)c2)CC1.O=C(COc1ccc(Cl)c(F)c1)CC1CCC(NC(=O)c2ccc3cc(Cl)ccc3n2)CC1.O=C(O)c1ccc2cc(Cl)ccc2n1. The van der Waals surface area contributed by atoms with Crippen LogP contribution in [0.3, 0.4) is 0 Å². The highest BCUT2D eigenvalue weighted by Gasteiger charge is 2.25. The van der Waals surface area contributed by atoms with Gasteiger partial charge in [0, 0.05) is 57.9 Å².